The molecule has 3 aromatic carbocycles. The number of hydrogen-bond donors (Lipinski definition) is 1. The summed E-state index contributed by atoms with van der Waals surface area (Å²) in [5, 5.41) is 0.286. The summed E-state index contributed by atoms with van der Waals surface area (Å²) < 4.78 is 74.0. The third kappa shape index (κ3) is 9.63. The van der Waals surface area contributed by atoms with E-state index in [0.717, 1.165) is 23.8 Å². The molecule has 58 heavy (non-hydrogen) atoms. The van der Waals surface area contributed by atoms with E-state index in [2.05, 4.69) is 9.97 Å². The molecule has 0 bridgehead atoms. The van der Waals surface area contributed by atoms with Gasteiger partial charge in [0, 0.05) is 43.1 Å². The predicted molar refractivity (Wildman–Crippen MR) is 212 cm³/mol. The summed E-state index contributed by atoms with van der Waals surface area (Å²) >= 11 is 0. The molecular formula is C45H47F5N4O4. The maximum atomic E-state index is 14.7. The number of aromatic nitrogens is 2. The standard InChI is InChI=1S/C45H47F5N4O4/c1-43(2,3)58-42(57)44(4,5)53-24-21-33(22-25-53)54(27-28-11-13-29(14-12-28)30-15-18-32(19-16-30)45(48,49)50)38(55)26-35-37(20-17-31-8-6-10-36(46)39(31)47)52-41-34(40(35)56)9-7-23-51-41/h6-16,18-19,23,33H,17,20-22,24-27H2,1-5H3,(H,51,52,56). The predicted octanol–water partition coefficient (Wildman–Crippen LogP) is 8.83. The number of alkyl halides is 3. The van der Waals surface area contributed by atoms with Crippen LogP contribution in [0.4, 0.5) is 22.0 Å². The fourth-order valence-electron chi connectivity index (χ4n) is 7.40. The van der Waals surface area contributed by atoms with Gasteiger partial charge in [0.15, 0.2) is 17.1 Å². The lowest BCUT2D eigenvalue weighted by Crippen LogP contribution is -2.57. The van der Waals surface area contributed by atoms with Crippen LogP contribution < -0.4 is 5.43 Å². The minimum Gasteiger partial charge on any atom is -0.459 e. The van der Waals surface area contributed by atoms with Gasteiger partial charge >= 0.3 is 12.1 Å². The minimum absolute atomic E-state index is 0.0555. The number of carbonyl (C=O) groups excluding carboxylic acids is 2. The molecule has 5 aromatic rings. The summed E-state index contributed by atoms with van der Waals surface area (Å²) in [6.07, 6.45) is -2.01. The molecule has 2 aromatic heterocycles. The zero-order valence-corrected chi connectivity index (χ0v) is 33.2. The van der Waals surface area contributed by atoms with Crippen LogP contribution in [0.2, 0.25) is 0 Å². The Labute approximate surface area is 334 Å². The van der Waals surface area contributed by atoms with Crippen LogP contribution in [0.25, 0.3) is 22.2 Å². The van der Waals surface area contributed by atoms with E-state index in [1.807, 2.05) is 51.7 Å². The first kappa shape index (κ1) is 42.2. The van der Waals surface area contributed by atoms with Crippen LogP contribution in [0.5, 0.6) is 0 Å². The lowest BCUT2D eigenvalue weighted by Gasteiger charge is -2.44. The molecule has 0 spiro atoms. The molecule has 3 heterocycles. The molecule has 1 saturated heterocycles. The third-order valence-electron chi connectivity index (χ3n) is 10.7. The molecule has 1 N–H and O–H groups in total. The lowest BCUT2D eigenvalue weighted by molar-refractivity contribution is -0.169. The second kappa shape index (κ2) is 16.8. The number of aryl methyl sites for hydroxylation is 2. The van der Waals surface area contributed by atoms with Crippen LogP contribution in [-0.4, -0.2) is 61.9 Å². The van der Waals surface area contributed by atoms with E-state index >= 15 is 0 Å². The SMILES string of the molecule is CC(C)(C)OC(=O)C(C)(C)N1CCC(N(Cc2ccc(-c3ccc(C(F)(F)F)cc3)cc2)C(=O)Cc2c(CCc3cccc(F)c3F)[nH]c3ncccc3c2=O)CC1. The first-order chi connectivity index (χ1) is 27.3. The third-order valence-corrected chi connectivity index (χ3v) is 10.7. The van der Waals surface area contributed by atoms with Crippen molar-refractivity contribution >= 4 is 22.9 Å². The largest absolute Gasteiger partial charge is 0.459 e. The Balaban J connectivity index is 1.29. The van der Waals surface area contributed by atoms with Crippen LogP contribution in [0.15, 0.2) is 89.9 Å². The second-order valence-electron chi connectivity index (χ2n) is 16.3. The van der Waals surface area contributed by atoms with E-state index in [4.69, 9.17) is 4.74 Å². The smallest absolute Gasteiger partial charge is 0.416 e. The number of benzene rings is 3. The number of ether oxygens (including phenoxy) is 1. The maximum Gasteiger partial charge on any atom is 0.416 e. The Hall–Kier alpha value is -5.43. The van der Waals surface area contributed by atoms with Crippen molar-refractivity contribution < 1.29 is 36.3 Å². The van der Waals surface area contributed by atoms with Gasteiger partial charge in [-0.15, -0.1) is 0 Å². The highest BCUT2D eigenvalue weighted by Crippen LogP contribution is 2.32. The molecule has 13 heteroatoms. The number of likely N-dealkylation sites (tertiary alicyclic amines) is 1. The zero-order chi connectivity index (χ0) is 42.0. The van der Waals surface area contributed by atoms with Crippen molar-refractivity contribution in [1.82, 2.24) is 19.8 Å². The van der Waals surface area contributed by atoms with Gasteiger partial charge in [0.1, 0.15) is 16.8 Å². The number of carbonyl (C=O) groups is 2. The molecule has 1 amide bonds. The summed E-state index contributed by atoms with van der Waals surface area (Å²) in [6, 6.07) is 19.0. The highest BCUT2D eigenvalue weighted by molar-refractivity contribution is 5.82. The minimum atomic E-state index is -4.45. The summed E-state index contributed by atoms with van der Waals surface area (Å²) in [7, 11) is 0. The van der Waals surface area contributed by atoms with Gasteiger partial charge in [0.25, 0.3) is 0 Å². The van der Waals surface area contributed by atoms with Gasteiger partial charge < -0.3 is 14.6 Å². The number of aromatic amines is 1. The fourth-order valence-corrected chi connectivity index (χ4v) is 7.40. The molecule has 0 atom stereocenters. The van der Waals surface area contributed by atoms with Crippen LogP contribution in [0, 0.1) is 11.6 Å². The molecule has 0 unspecified atom stereocenters. The topological polar surface area (TPSA) is 95.6 Å². The Morgan fingerprint density at radius 3 is 2.12 bits per heavy atom. The number of piperidine rings is 1. The van der Waals surface area contributed by atoms with Gasteiger partial charge in [-0.25, -0.2) is 13.8 Å². The van der Waals surface area contributed by atoms with E-state index in [9.17, 15) is 36.3 Å². The molecular weight excluding hydrogens is 756 g/mol. The number of nitrogens with zero attached hydrogens (tertiary/aromatic N) is 3. The molecule has 1 aliphatic heterocycles. The number of H-pyrrole nitrogens is 1. The van der Waals surface area contributed by atoms with Crippen molar-refractivity contribution in [2.75, 3.05) is 13.1 Å². The number of esters is 1. The average molecular weight is 803 g/mol. The van der Waals surface area contributed by atoms with Crippen LogP contribution >= 0.6 is 0 Å². The normalized spacial score (nSPS) is 14.4. The number of fused-ring (bicyclic) bond motifs is 1. The molecule has 0 radical (unpaired) electrons. The first-order valence-corrected chi connectivity index (χ1v) is 19.3. The fraction of sp³-hybridized carbons (Fsp3) is 0.378. The van der Waals surface area contributed by atoms with Crippen LogP contribution in [0.3, 0.4) is 0 Å². The Morgan fingerprint density at radius 1 is 0.862 bits per heavy atom. The van der Waals surface area contributed by atoms with E-state index in [1.165, 1.54) is 30.5 Å². The van der Waals surface area contributed by atoms with Crippen LogP contribution in [-0.2, 0) is 46.3 Å². The van der Waals surface area contributed by atoms with Crippen molar-refractivity contribution in [2.24, 2.45) is 0 Å². The van der Waals surface area contributed by atoms with Gasteiger partial charge in [-0.1, -0.05) is 48.5 Å². The Bertz CT molecular complexity index is 2330. The van der Waals surface area contributed by atoms with E-state index in [1.54, 1.807) is 29.2 Å². The zero-order valence-electron chi connectivity index (χ0n) is 33.2. The van der Waals surface area contributed by atoms with Crippen molar-refractivity contribution in [2.45, 2.75) is 96.6 Å². The molecule has 6 rings (SSSR count). The summed E-state index contributed by atoms with van der Waals surface area (Å²) in [6.45, 7) is 10.2. The molecule has 306 valence electrons. The lowest BCUT2D eigenvalue weighted by atomic mass is 9.94. The Kier molecular flexibility index (Phi) is 12.2. The maximum absolute atomic E-state index is 14.7. The number of halogens is 5. The van der Waals surface area contributed by atoms with E-state index in [-0.39, 0.29) is 65.7 Å². The highest BCUT2D eigenvalue weighted by Gasteiger charge is 2.41. The number of amides is 1. The van der Waals surface area contributed by atoms with Crippen molar-refractivity contribution in [1.29, 1.82) is 0 Å². The molecule has 8 nitrogen and oxygen atoms in total. The van der Waals surface area contributed by atoms with Crippen molar-refractivity contribution in [3.63, 3.8) is 0 Å². The highest BCUT2D eigenvalue weighted by atomic mass is 19.4. The van der Waals surface area contributed by atoms with Crippen LogP contribution in [0.1, 0.15) is 75.4 Å². The molecule has 1 fully saturated rings. The summed E-state index contributed by atoms with van der Waals surface area (Å²) in [4.78, 5) is 53.2. The van der Waals surface area contributed by atoms with Crippen molar-refractivity contribution in [3.05, 3.63) is 135 Å². The van der Waals surface area contributed by atoms with Crippen molar-refractivity contribution in [3.8, 4) is 11.1 Å². The van der Waals surface area contributed by atoms with E-state index in [0.29, 0.717) is 48.4 Å². The van der Waals surface area contributed by atoms with Gasteiger partial charge in [-0.3, -0.25) is 19.3 Å². The first-order valence-electron chi connectivity index (χ1n) is 19.3. The summed E-state index contributed by atoms with van der Waals surface area (Å²) in [5.41, 5.74) is 0.364. The quantitative estimate of drug-likeness (QED) is 0.106. The van der Waals surface area contributed by atoms with Gasteiger partial charge in [-0.2, -0.15) is 13.2 Å². The summed E-state index contributed by atoms with van der Waals surface area (Å²) in [5.74, 6) is -2.64. The van der Waals surface area contributed by atoms with Gasteiger partial charge in [0.2, 0.25) is 5.91 Å². The number of nitrogens with one attached hydrogen (secondary N) is 1. The number of rotatable bonds is 11. The van der Waals surface area contributed by atoms with E-state index < -0.39 is 34.5 Å². The monoisotopic (exact) mass is 802 g/mol. The van der Waals surface area contributed by atoms with Gasteiger partial charge in [0.05, 0.1) is 17.4 Å². The van der Waals surface area contributed by atoms with Gasteiger partial charge in [-0.05, 0) is 113 Å². The average Bonchev–Trinajstić information content (AvgIpc) is 3.18. The number of pyridine rings is 2. The number of hydrogen-bond acceptors (Lipinski definition) is 6. The molecule has 0 saturated carbocycles. The Morgan fingerprint density at radius 2 is 1.50 bits per heavy atom. The molecule has 1 aliphatic rings. The second-order valence-corrected chi connectivity index (χ2v) is 16.3. The molecule has 0 aliphatic carbocycles.